The standard InChI is InChI=1S/C16H16INO/c1-11(2)12-6-5-7-13(10-12)18-16(19)14-8-3-4-9-15(14)17/h3-11H,1-2H3,(H,18,19). The molecule has 0 atom stereocenters. The highest BCUT2D eigenvalue weighted by Crippen LogP contribution is 2.20. The summed E-state index contributed by atoms with van der Waals surface area (Å²) in [5, 5.41) is 2.95. The molecule has 0 saturated carbocycles. The van der Waals surface area contributed by atoms with E-state index in [9.17, 15) is 4.79 Å². The van der Waals surface area contributed by atoms with Gasteiger partial charge in [-0.25, -0.2) is 0 Å². The number of hydrogen-bond acceptors (Lipinski definition) is 1. The highest BCUT2D eigenvalue weighted by atomic mass is 127. The van der Waals surface area contributed by atoms with Gasteiger partial charge in [-0.3, -0.25) is 4.79 Å². The SMILES string of the molecule is CC(C)c1cccc(NC(=O)c2ccccc2I)c1. The molecule has 0 unspecified atom stereocenters. The second-order valence-corrected chi connectivity index (χ2v) is 5.88. The number of amides is 1. The molecule has 0 heterocycles. The molecule has 2 nitrogen and oxygen atoms in total. The van der Waals surface area contributed by atoms with Gasteiger partial charge in [-0.1, -0.05) is 38.1 Å². The molecule has 0 spiro atoms. The van der Waals surface area contributed by atoms with E-state index in [1.54, 1.807) is 0 Å². The first-order chi connectivity index (χ1) is 9.08. The third-order valence-electron chi connectivity index (χ3n) is 2.93. The molecule has 2 aromatic rings. The summed E-state index contributed by atoms with van der Waals surface area (Å²) < 4.78 is 0.956. The van der Waals surface area contributed by atoms with Crippen molar-refractivity contribution in [3.05, 3.63) is 63.2 Å². The van der Waals surface area contributed by atoms with Crippen LogP contribution in [-0.4, -0.2) is 5.91 Å². The number of anilines is 1. The molecule has 0 fully saturated rings. The molecule has 3 heteroatoms. The number of nitrogens with one attached hydrogen (secondary N) is 1. The van der Waals surface area contributed by atoms with Crippen molar-refractivity contribution in [1.82, 2.24) is 0 Å². The molecule has 19 heavy (non-hydrogen) atoms. The topological polar surface area (TPSA) is 29.1 Å². The maximum Gasteiger partial charge on any atom is 0.256 e. The van der Waals surface area contributed by atoms with Gasteiger partial charge in [0.2, 0.25) is 0 Å². The van der Waals surface area contributed by atoms with Gasteiger partial charge >= 0.3 is 0 Å². The van der Waals surface area contributed by atoms with Crippen LogP contribution in [0.15, 0.2) is 48.5 Å². The largest absolute Gasteiger partial charge is 0.322 e. The Morgan fingerprint density at radius 2 is 1.84 bits per heavy atom. The Balaban J connectivity index is 2.20. The smallest absolute Gasteiger partial charge is 0.256 e. The molecule has 0 aliphatic carbocycles. The van der Waals surface area contributed by atoms with Crippen molar-refractivity contribution in [3.63, 3.8) is 0 Å². The summed E-state index contributed by atoms with van der Waals surface area (Å²) in [4.78, 5) is 12.2. The first kappa shape index (κ1) is 14.1. The summed E-state index contributed by atoms with van der Waals surface area (Å²) in [6.07, 6.45) is 0. The molecule has 0 bridgehead atoms. The molecule has 2 aromatic carbocycles. The van der Waals surface area contributed by atoms with Crippen LogP contribution in [-0.2, 0) is 0 Å². The molecule has 1 N–H and O–H groups in total. The Morgan fingerprint density at radius 3 is 2.53 bits per heavy atom. The van der Waals surface area contributed by atoms with E-state index in [1.165, 1.54) is 5.56 Å². The second-order valence-electron chi connectivity index (χ2n) is 4.71. The Kier molecular flexibility index (Phi) is 4.58. The van der Waals surface area contributed by atoms with Gasteiger partial charge in [-0.05, 0) is 58.3 Å². The fraction of sp³-hybridized carbons (Fsp3) is 0.188. The van der Waals surface area contributed by atoms with Crippen molar-refractivity contribution in [3.8, 4) is 0 Å². The highest BCUT2D eigenvalue weighted by molar-refractivity contribution is 14.1. The zero-order chi connectivity index (χ0) is 13.8. The number of halogens is 1. The summed E-state index contributed by atoms with van der Waals surface area (Å²) in [6, 6.07) is 15.6. The van der Waals surface area contributed by atoms with E-state index < -0.39 is 0 Å². The van der Waals surface area contributed by atoms with Crippen LogP contribution in [0.5, 0.6) is 0 Å². The number of rotatable bonds is 3. The number of benzene rings is 2. The third-order valence-corrected chi connectivity index (χ3v) is 3.87. The average molecular weight is 365 g/mol. The van der Waals surface area contributed by atoms with Gasteiger partial charge in [0.05, 0.1) is 5.56 Å². The molecule has 0 aromatic heterocycles. The summed E-state index contributed by atoms with van der Waals surface area (Å²) in [5.41, 5.74) is 2.77. The molecule has 98 valence electrons. The van der Waals surface area contributed by atoms with Crippen LogP contribution < -0.4 is 5.32 Å². The van der Waals surface area contributed by atoms with Crippen molar-refractivity contribution in [1.29, 1.82) is 0 Å². The van der Waals surface area contributed by atoms with Gasteiger partial charge in [-0.2, -0.15) is 0 Å². The van der Waals surface area contributed by atoms with Gasteiger partial charge in [0.15, 0.2) is 0 Å². The first-order valence-corrected chi connectivity index (χ1v) is 7.31. The lowest BCUT2D eigenvalue weighted by Gasteiger charge is -2.10. The Hall–Kier alpha value is -1.36. The number of hydrogen-bond donors (Lipinski definition) is 1. The monoisotopic (exact) mass is 365 g/mol. The molecule has 2 rings (SSSR count). The summed E-state index contributed by atoms with van der Waals surface area (Å²) >= 11 is 2.17. The zero-order valence-corrected chi connectivity index (χ0v) is 13.1. The lowest BCUT2D eigenvalue weighted by molar-refractivity contribution is 0.102. The molecule has 1 amide bonds. The fourth-order valence-electron chi connectivity index (χ4n) is 1.82. The number of carbonyl (C=O) groups is 1. The van der Waals surface area contributed by atoms with E-state index in [2.05, 4.69) is 47.8 Å². The van der Waals surface area contributed by atoms with Crippen LogP contribution in [0, 0.1) is 3.57 Å². The first-order valence-electron chi connectivity index (χ1n) is 6.24. The highest BCUT2D eigenvalue weighted by Gasteiger charge is 2.09. The van der Waals surface area contributed by atoms with E-state index in [0.717, 1.165) is 9.26 Å². The van der Waals surface area contributed by atoms with Crippen molar-refractivity contribution < 1.29 is 4.79 Å². The minimum absolute atomic E-state index is 0.0640. The molecule has 0 saturated heterocycles. The lowest BCUT2D eigenvalue weighted by atomic mass is 10.0. The molecule has 0 aliphatic rings. The van der Waals surface area contributed by atoms with Gasteiger partial charge in [0.1, 0.15) is 0 Å². The van der Waals surface area contributed by atoms with Gasteiger partial charge in [0, 0.05) is 9.26 Å². The van der Waals surface area contributed by atoms with Gasteiger partial charge in [-0.15, -0.1) is 0 Å². The molecular weight excluding hydrogens is 349 g/mol. The third kappa shape index (κ3) is 3.56. The molecular formula is C16H16INO. The molecule has 0 radical (unpaired) electrons. The fourth-order valence-corrected chi connectivity index (χ4v) is 2.45. The minimum Gasteiger partial charge on any atom is -0.322 e. The summed E-state index contributed by atoms with van der Waals surface area (Å²) in [5.74, 6) is 0.389. The lowest BCUT2D eigenvalue weighted by Crippen LogP contribution is -2.13. The maximum atomic E-state index is 12.2. The van der Waals surface area contributed by atoms with E-state index in [-0.39, 0.29) is 5.91 Å². The van der Waals surface area contributed by atoms with Gasteiger partial charge < -0.3 is 5.32 Å². The van der Waals surface area contributed by atoms with Crippen LogP contribution in [0.3, 0.4) is 0 Å². The van der Waals surface area contributed by atoms with Crippen LogP contribution in [0.25, 0.3) is 0 Å². The van der Waals surface area contributed by atoms with E-state index >= 15 is 0 Å². The van der Waals surface area contributed by atoms with Crippen molar-refractivity contribution in [2.75, 3.05) is 5.32 Å². The Labute approximate surface area is 127 Å². The van der Waals surface area contributed by atoms with E-state index in [4.69, 9.17) is 0 Å². The van der Waals surface area contributed by atoms with Crippen molar-refractivity contribution >= 4 is 34.2 Å². The predicted molar refractivity (Wildman–Crippen MR) is 87.6 cm³/mol. The average Bonchev–Trinajstić information content (AvgIpc) is 2.39. The van der Waals surface area contributed by atoms with Crippen molar-refractivity contribution in [2.24, 2.45) is 0 Å². The van der Waals surface area contributed by atoms with Crippen LogP contribution in [0.4, 0.5) is 5.69 Å². The van der Waals surface area contributed by atoms with Crippen LogP contribution >= 0.6 is 22.6 Å². The van der Waals surface area contributed by atoms with Crippen molar-refractivity contribution in [2.45, 2.75) is 19.8 Å². The van der Waals surface area contributed by atoms with Crippen LogP contribution in [0.2, 0.25) is 0 Å². The minimum atomic E-state index is -0.0640. The Morgan fingerprint density at radius 1 is 1.11 bits per heavy atom. The summed E-state index contributed by atoms with van der Waals surface area (Å²) in [7, 11) is 0. The van der Waals surface area contributed by atoms with Crippen LogP contribution in [0.1, 0.15) is 35.7 Å². The van der Waals surface area contributed by atoms with E-state index in [0.29, 0.717) is 11.5 Å². The van der Waals surface area contributed by atoms with E-state index in [1.807, 2.05) is 42.5 Å². The summed E-state index contributed by atoms with van der Waals surface area (Å²) in [6.45, 7) is 4.28. The quantitative estimate of drug-likeness (QED) is 0.788. The normalized spacial score (nSPS) is 10.5. The maximum absolute atomic E-state index is 12.2. The second kappa shape index (κ2) is 6.19. The molecule has 0 aliphatic heterocycles. The predicted octanol–water partition coefficient (Wildman–Crippen LogP) is 4.67. The number of carbonyl (C=O) groups excluding carboxylic acids is 1. The van der Waals surface area contributed by atoms with Gasteiger partial charge in [0.25, 0.3) is 5.91 Å². The zero-order valence-electron chi connectivity index (χ0n) is 11.0. The Bertz CT molecular complexity index is 593.